The van der Waals surface area contributed by atoms with E-state index in [9.17, 15) is 9.59 Å². The molecule has 0 aliphatic heterocycles. The van der Waals surface area contributed by atoms with E-state index >= 15 is 0 Å². The Hall–Kier alpha value is -4.46. The van der Waals surface area contributed by atoms with E-state index in [1.165, 1.54) is 11.1 Å². The van der Waals surface area contributed by atoms with Gasteiger partial charge in [-0.15, -0.1) is 0 Å². The zero-order chi connectivity index (χ0) is 26.9. The third-order valence-corrected chi connectivity index (χ3v) is 7.02. The molecule has 5 rings (SSSR count). The van der Waals surface area contributed by atoms with E-state index in [4.69, 9.17) is 0 Å². The summed E-state index contributed by atoms with van der Waals surface area (Å²) in [4.78, 5) is 26.6. The summed E-state index contributed by atoms with van der Waals surface area (Å²) in [6.07, 6.45) is 13.9. The Morgan fingerprint density at radius 1 is 0.658 bits per heavy atom. The number of rotatable bonds is 6. The molecule has 0 radical (unpaired) electrons. The second-order valence-electron chi connectivity index (χ2n) is 10.5. The van der Waals surface area contributed by atoms with E-state index in [1.807, 2.05) is 52.0 Å². The molecule has 0 heterocycles. The summed E-state index contributed by atoms with van der Waals surface area (Å²) in [6, 6.07) is 10.0. The Bertz CT molecular complexity index is 1400. The number of hydrogen-bond acceptors (Lipinski definition) is 6. The van der Waals surface area contributed by atoms with Crippen LogP contribution in [0.2, 0.25) is 0 Å². The Morgan fingerprint density at radius 2 is 1.08 bits per heavy atom. The average Bonchev–Trinajstić information content (AvgIpc) is 2.91. The summed E-state index contributed by atoms with van der Waals surface area (Å²) in [5.41, 5.74) is 9.93. The fourth-order valence-corrected chi connectivity index (χ4v) is 4.46. The number of anilines is 2. The molecule has 2 aromatic carbocycles. The van der Waals surface area contributed by atoms with Crippen molar-refractivity contribution in [3.63, 3.8) is 0 Å². The predicted molar refractivity (Wildman–Crippen MR) is 149 cm³/mol. The number of ketones is 2. The number of fused-ring (bicyclic) bond motifs is 2. The van der Waals surface area contributed by atoms with Crippen LogP contribution in [-0.4, -0.2) is 22.6 Å². The molecule has 8 heteroatoms. The van der Waals surface area contributed by atoms with E-state index in [-0.39, 0.29) is 11.6 Å². The van der Waals surface area contributed by atoms with Crippen molar-refractivity contribution in [3.05, 3.63) is 106 Å². The topological polar surface area (TPSA) is 108 Å². The number of benzene rings is 2. The van der Waals surface area contributed by atoms with Crippen LogP contribution < -0.4 is 10.9 Å². The van der Waals surface area contributed by atoms with Gasteiger partial charge < -0.3 is 0 Å². The highest BCUT2D eigenvalue weighted by atomic mass is 16.1. The number of nitrogens with one attached hydrogen (secondary N) is 2. The molecule has 0 spiro atoms. The predicted octanol–water partition coefficient (Wildman–Crippen LogP) is 7.35. The molecule has 2 aromatic rings. The molecule has 8 nitrogen and oxygen atoms in total. The molecule has 192 valence electrons. The van der Waals surface area contributed by atoms with Crippen LogP contribution in [0.5, 0.6) is 0 Å². The molecule has 0 fully saturated rings. The Balaban J connectivity index is 1.30. The number of nitrogens with zero attached hydrogens (tertiary/aromatic N) is 4. The largest absolute Gasteiger partial charge is 0.289 e. The van der Waals surface area contributed by atoms with Crippen molar-refractivity contribution in [2.45, 2.75) is 51.6 Å². The first-order valence-corrected chi connectivity index (χ1v) is 12.6. The minimum atomic E-state index is -0.419. The Labute approximate surface area is 222 Å². The highest BCUT2D eigenvalue weighted by Crippen LogP contribution is 2.32. The Kier molecular flexibility index (Phi) is 6.48. The maximum atomic E-state index is 13.3. The normalized spacial score (nSPS) is 24.3. The first kappa shape index (κ1) is 25.2. The zero-order valence-corrected chi connectivity index (χ0v) is 21.9. The van der Waals surface area contributed by atoms with Gasteiger partial charge in [0.2, 0.25) is 0 Å². The first-order valence-electron chi connectivity index (χ1n) is 12.6. The monoisotopic (exact) mass is 506 g/mol. The van der Waals surface area contributed by atoms with Gasteiger partial charge in [-0.2, -0.15) is 10.2 Å². The molecule has 0 aromatic heterocycles. The van der Waals surface area contributed by atoms with Crippen LogP contribution in [-0.2, 0) is 0 Å². The molecule has 0 amide bonds. The first-order chi connectivity index (χ1) is 18.1. The molecule has 2 atom stereocenters. The smallest absolute Gasteiger partial charge is 0.194 e. The minimum absolute atomic E-state index is 0.215. The van der Waals surface area contributed by atoms with Crippen molar-refractivity contribution < 1.29 is 9.59 Å². The van der Waals surface area contributed by atoms with Crippen molar-refractivity contribution in [2.24, 2.45) is 20.7 Å². The average molecular weight is 507 g/mol. The van der Waals surface area contributed by atoms with Crippen molar-refractivity contribution in [2.75, 3.05) is 10.9 Å². The molecule has 0 bridgehead atoms. The maximum absolute atomic E-state index is 13.3. The highest BCUT2D eigenvalue weighted by Gasteiger charge is 2.30. The van der Waals surface area contributed by atoms with Crippen molar-refractivity contribution in [3.8, 4) is 0 Å². The summed E-state index contributed by atoms with van der Waals surface area (Å²) in [5.74, 6) is -0.429. The fourth-order valence-electron chi connectivity index (χ4n) is 4.46. The number of hydrogen-bond donors (Lipinski definition) is 2. The lowest BCUT2D eigenvalue weighted by molar-refractivity contribution is 0.0979. The molecular weight excluding hydrogens is 476 g/mol. The van der Waals surface area contributed by atoms with Gasteiger partial charge in [0.15, 0.2) is 11.6 Å². The third-order valence-electron chi connectivity index (χ3n) is 7.02. The summed E-state index contributed by atoms with van der Waals surface area (Å²) in [5, 5.41) is 17.1. The zero-order valence-electron chi connectivity index (χ0n) is 21.9. The second-order valence-corrected chi connectivity index (χ2v) is 10.5. The van der Waals surface area contributed by atoms with Crippen molar-refractivity contribution >= 4 is 22.9 Å². The van der Waals surface area contributed by atoms with E-state index in [0.29, 0.717) is 33.6 Å². The molecular formula is C30H30N6O2. The summed E-state index contributed by atoms with van der Waals surface area (Å²) < 4.78 is 0. The highest BCUT2D eigenvalue weighted by molar-refractivity contribution is 6.28. The quantitative estimate of drug-likeness (QED) is 0.269. The van der Waals surface area contributed by atoms with Gasteiger partial charge in [-0.05, 0) is 76.9 Å². The standard InChI is InChI=1S/C30H30N6O2/c1-19-9-13-29(3,14-10-19)33-35-31-21-5-7-23-25(17-21)27(37)24-8-6-22(18-26(24)28(23)38)32-36-34-30(4)15-11-20(2)12-16-30/h5-13,15,17-18H,14,16H2,1-4H3,(H,31,33)(H,32,34). The third kappa shape index (κ3) is 5.16. The van der Waals surface area contributed by atoms with Gasteiger partial charge in [0.05, 0.1) is 11.4 Å². The van der Waals surface area contributed by atoms with Crippen LogP contribution in [0, 0.1) is 0 Å². The lowest BCUT2D eigenvalue weighted by atomic mass is 9.83. The second kappa shape index (κ2) is 9.78. The number of carbonyl (C=O) groups excluding carboxylic acids is 2. The number of allylic oxidation sites excluding steroid dienone is 4. The van der Waals surface area contributed by atoms with Crippen LogP contribution in [0.1, 0.15) is 72.4 Å². The van der Waals surface area contributed by atoms with Gasteiger partial charge in [-0.3, -0.25) is 20.4 Å². The lowest BCUT2D eigenvalue weighted by Gasteiger charge is -2.21. The SMILES string of the molecule is CC1=CCC(C)(N=NNc2ccc3c(c2)C(=O)c2ccc(NN=NC4(C)C=CC(C)=CC4)cc2C3=O)C=C1. The fraction of sp³-hybridized carbons (Fsp3) is 0.267. The molecule has 2 unspecified atom stereocenters. The van der Waals surface area contributed by atoms with E-state index in [0.717, 1.165) is 12.8 Å². The Morgan fingerprint density at radius 3 is 1.45 bits per heavy atom. The van der Waals surface area contributed by atoms with Crippen LogP contribution in [0.4, 0.5) is 11.4 Å². The maximum Gasteiger partial charge on any atom is 0.194 e. The summed E-state index contributed by atoms with van der Waals surface area (Å²) in [6.45, 7) is 8.10. The van der Waals surface area contributed by atoms with Gasteiger partial charge in [0, 0.05) is 22.3 Å². The molecule has 38 heavy (non-hydrogen) atoms. The number of carbonyl (C=O) groups is 2. The van der Waals surface area contributed by atoms with E-state index < -0.39 is 11.1 Å². The molecule has 0 saturated heterocycles. The van der Waals surface area contributed by atoms with E-state index in [2.05, 4.69) is 43.7 Å². The lowest BCUT2D eigenvalue weighted by Crippen LogP contribution is -2.21. The molecule has 2 N–H and O–H groups in total. The van der Waals surface area contributed by atoms with Crippen LogP contribution >= 0.6 is 0 Å². The van der Waals surface area contributed by atoms with Crippen molar-refractivity contribution in [1.82, 2.24) is 0 Å². The van der Waals surface area contributed by atoms with Gasteiger partial charge in [-0.1, -0.05) is 58.0 Å². The summed E-state index contributed by atoms with van der Waals surface area (Å²) >= 11 is 0. The summed E-state index contributed by atoms with van der Waals surface area (Å²) in [7, 11) is 0. The van der Waals surface area contributed by atoms with E-state index in [1.54, 1.807) is 36.4 Å². The minimum Gasteiger partial charge on any atom is -0.289 e. The van der Waals surface area contributed by atoms with Gasteiger partial charge in [0.25, 0.3) is 0 Å². The van der Waals surface area contributed by atoms with Crippen LogP contribution in [0.25, 0.3) is 0 Å². The molecule has 3 aliphatic rings. The van der Waals surface area contributed by atoms with Gasteiger partial charge in [-0.25, -0.2) is 0 Å². The van der Waals surface area contributed by atoms with Gasteiger partial charge >= 0.3 is 0 Å². The molecule has 3 aliphatic carbocycles. The van der Waals surface area contributed by atoms with Gasteiger partial charge in [0.1, 0.15) is 11.1 Å². The molecule has 0 saturated carbocycles. The van der Waals surface area contributed by atoms with Crippen LogP contribution in [0.3, 0.4) is 0 Å². The van der Waals surface area contributed by atoms with Crippen LogP contribution in [0.15, 0.2) is 105 Å². The van der Waals surface area contributed by atoms with Crippen molar-refractivity contribution in [1.29, 1.82) is 0 Å².